The van der Waals surface area contributed by atoms with Crippen LogP contribution in [0.15, 0.2) is 24.3 Å². The van der Waals surface area contributed by atoms with Crippen LogP contribution in [-0.4, -0.2) is 44.7 Å². The Balaban J connectivity index is 1.80. The van der Waals surface area contributed by atoms with E-state index in [1.165, 1.54) is 12.1 Å². The number of hydrogen-bond donors (Lipinski definition) is 0. The van der Waals surface area contributed by atoms with Gasteiger partial charge in [0.2, 0.25) is 0 Å². The van der Waals surface area contributed by atoms with Gasteiger partial charge in [-0.1, -0.05) is 37.1 Å². The first kappa shape index (κ1) is 20.2. The number of amides is 1. The predicted molar refractivity (Wildman–Crippen MR) is 109 cm³/mol. The van der Waals surface area contributed by atoms with E-state index in [-0.39, 0.29) is 11.7 Å². The Morgan fingerprint density at radius 2 is 2.07 bits per heavy atom. The zero-order valence-electron chi connectivity index (χ0n) is 15.8. The molecule has 0 radical (unpaired) electrons. The van der Waals surface area contributed by atoms with E-state index in [0.29, 0.717) is 28.2 Å². The highest BCUT2D eigenvalue weighted by Gasteiger charge is 2.28. The second-order valence-corrected chi connectivity index (χ2v) is 8.79. The van der Waals surface area contributed by atoms with Gasteiger partial charge in [-0.25, -0.2) is 9.07 Å². The van der Waals surface area contributed by atoms with Crippen molar-refractivity contribution in [3.63, 3.8) is 0 Å². The maximum absolute atomic E-state index is 13.2. The average molecular weight is 410 g/mol. The largest absolute Gasteiger partial charge is 0.337 e. The van der Waals surface area contributed by atoms with Crippen molar-refractivity contribution in [1.82, 2.24) is 14.7 Å². The lowest BCUT2D eigenvalue weighted by Gasteiger charge is -2.24. The van der Waals surface area contributed by atoms with E-state index in [1.807, 2.05) is 23.6 Å². The van der Waals surface area contributed by atoms with Gasteiger partial charge in [0.05, 0.1) is 17.8 Å². The van der Waals surface area contributed by atoms with Crippen LogP contribution in [0.1, 0.15) is 47.8 Å². The summed E-state index contributed by atoms with van der Waals surface area (Å²) in [6.45, 7) is 5.90. The van der Waals surface area contributed by atoms with Crippen molar-refractivity contribution in [3.8, 4) is 0 Å². The fraction of sp³-hybridized carbons (Fsp3) is 0.500. The summed E-state index contributed by atoms with van der Waals surface area (Å²) in [7, 11) is 0. The van der Waals surface area contributed by atoms with E-state index in [4.69, 9.17) is 11.6 Å². The number of hydrogen-bond acceptors (Lipinski definition) is 3. The number of benzene rings is 1. The lowest BCUT2D eigenvalue weighted by atomic mass is 10.2. The van der Waals surface area contributed by atoms with Crippen LogP contribution in [0.3, 0.4) is 0 Å². The van der Waals surface area contributed by atoms with Crippen LogP contribution >= 0.6 is 23.4 Å². The number of likely N-dealkylation sites (tertiary alicyclic amines) is 1. The summed E-state index contributed by atoms with van der Waals surface area (Å²) in [6.07, 6.45) is 3.32. The Morgan fingerprint density at radius 3 is 2.78 bits per heavy atom. The zero-order valence-corrected chi connectivity index (χ0v) is 17.3. The molecule has 0 spiro atoms. The maximum Gasteiger partial charge on any atom is 0.258 e. The number of nitrogens with zero attached hydrogens (tertiary/aromatic N) is 3. The van der Waals surface area contributed by atoms with Gasteiger partial charge in [-0.05, 0) is 43.2 Å². The molecule has 4 nitrogen and oxygen atoms in total. The van der Waals surface area contributed by atoms with E-state index in [2.05, 4.69) is 12.0 Å². The van der Waals surface area contributed by atoms with Crippen LogP contribution in [0.25, 0.3) is 0 Å². The summed E-state index contributed by atoms with van der Waals surface area (Å²) in [4.78, 5) is 15.1. The van der Waals surface area contributed by atoms with E-state index < -0.39 is 0 Å². The number of thioether (sulfide) groups is 1. The second-order valence-electron chi connectivity index (χ2n) is 6.86. The molecule has 0 N–H and O–H groups in total. The number of aryl methyl sites for hydroxylation is 1. The van der Waals surface area contributed by atoms with Gasteiger partial charge in [0.25, 0.3) is 5.91 Å². The van der Waals surface area contributed by atoms with Crippen LogP contribution in [0.2, 0.25) is 5.15 Å². The third-order valence-electron chi connectivity index (χ3n) is 4.84. The molecule has 1 aliphatic heterocycles. The van der Waals surface area contributed by atoms with Crippen molar-refractivity contribution < 1.29 is 9.18 Å². The van der Waals surface area contributed by atoms with Gasteiger partial charge in [0, 0.05) is 18.3 Å². The number of carbonyl (C=O) groups is 1. The summed E-state index contributed by atoms with van der Waals surface area (Å²) in [5.41, 5.74) is 2.01. The van der Waals surface area contributed by atoms with Crippen molar-refractivity contribution >= 4 is 29.3 Å². The molecule has 2 aromatic rings. The van der Waals surface area contributed by atoms with Crippen LogP contribution in [0.5, 0.6) is 0 Å². The fourth-order valence-corrected chi connectivity index (χ4v) is 4.89. The van der Waals surface area contributed by atoms with Crippen molar-refractivity contribution in [1.29, 1.82) is 0 Å². The monoisotopic (exact) mass is 409 g/mol. The smallest absolute Gasteiger partial charge is 0.258 e. The minimum absolute atomic E-state index is 0.0357. The molecule has 1 fully saturated rings. The molecule has 1 atom stereocenters. The molecule has 0 aliphatic carbocycles. The molecule has 0 bridgehead atoms. The van der Waals surface area contributed by atoms with Crippen LogP contribution < -0.4 is 0 Å². The fourth-order valence-electron chi connectivity index (χ4n) is 3.48. The molecular formula is C20H25ClFN3OS. The quantitative estimate of drug-likeness (QED) is 0.713. The molecule has 0 saturated carbocycles. The summed E-state index contributed by atoms with van der Waals surface area (Å²) in [6, 6.07) is 6.22. The Kier molecular flexibility index (Phi) is 6.82. The number of rotatable bonds is 5. The SMILES string of the molecule is CCSC1CCCCN(C(=O)c2c(C)nn(Cc3ccc(F)cc3)c2Cl)C1. The summed E-state index contributed by atoms with van der Waals surface area (Å²) >= 11 is 8.46. The van der Waals surface area contributed by atoms with Gasteiger partial charge in [0.1, 0.15) is 11.0 Å². The van der Waals surface area contributed by atoms with E-state index in [9.17, 15) is 9.18 Å². The molecule has 1 saturated heterocycles. The molecule has 1 unspecified atom stereocenters. The Labute approximate surface area is 169 Å². The molecule has 27 heavy (non-hydrogen) atoms. The number of carbonyl (C=O) groups excluding carboxylic acids is 1. The first-order valence-corrected chi connectivity index (χ1v) is 10.8. The Hall–Kier alpha value is -1.53. The van der Waals surface area contributed by atoms with E-state index >= 15 is 0 Å². The Morgan fingerprint density at radius 1 is 1.33 bits per heavy atom. The molecular weight excluding hydrogens is 385 g/mol. The van der Waals surface area contributed by atoms with Crippen molar-refractivity contribution in [3.05, 3.63) is 52.1 Å². The molecule has 146 valence electrons. The van der Waals surface area contributed by atoms with E-state index in [1.54, 1.807) is 16.8 Å². The highest BCUT2D eigenvalue weighted by atomic mass is 35.5. The highest BCUT2D eigenvalue weighted by Crippen LogP contribution is 2.27. The van der Waals surface area contributed by atoms with Crippen LogP contribution in [-0.2, 0) is 6.54 Å². The molecule has 1 aromatic heterocycles. The van der Waals surface area contributed by atoms with E-state index in [0.717, 1.165) is 43.7 Å². The van der Waals surface area contributed by atoms with Crippen LogP contribution in [0, 0.1) is 12.7 Å². The summed E-state index contributed by atoms with van der Waals surface area (Å²) in [5.74, 6) is 0.742. The molecule has 2 heterocycles. The number of aromatic nitrogens is 2. The van der Waals surface area contributed by atoms with Gasteiger partial charge >= 0.3 is 0 Å². The second kappa shape index (κ2) is 9.11. The average Bonchev–Trinajstić information content (AvgIpc) is 2.81. The minimum atomic E-state index is -0.280. The third kappa shape index (κ3) is 4.85. The van der Waals surface area contributed by atoms with Crippen molar-refractivity contribution in [2.24, 2.45) is 0 Å². The molecule has 1 amide bonds. The molecule has 3 rings (SSSR count). The minimum Gasteiger partial charge on any atom is -0.337 e. The third-order valence-corrected chi connectivity index (χ3v) is 6.42. The standard InChI is InChI=1S/C20H25ClFN3OS/c1-3-27-17-6-4-5-11-24(13-17)20(26)18-14(2)23-25(19(18)21)12-15-7-9-16(22)10-8-15/h7-10,17H,3-6,11-13H2,1-2H3. The molecule has 7 heteroatoms. The molecule has 1 aromatic carbocycles. The summed E-state index contributed by atoms with van der Waals surface area (Å²) < 4.78 is 14.7. The van der Waals surface area contributed by atoms with Crippen LogP contribution in [0.4, 0.5) is 4.39 Å². The lowest BCUT2D eigenvalue weighted by Crippen LogP contribution is -2.36. The summed E-state index contributed by atoms with van der Waals surface area (Å²) in [5, 5.41) is 5.29. The van der Waals surface area contributed by atoms with Gasteiger partial charge in [-0.3, -0.25) is 4.79 Å². The molecule has 1 aliphatic rings. The van der Waals surface area contributed by atoms with Gasteiger partial charge in [0.15, 0.2) is 0 Å². The lowest BCUT2D eigenvalue weighted by molar-refractivity contribution is 0.0763. The van der Waals surface area contributed by atoms with Crippen molar-refractivity contribution in [2.45, 2.75) is 44.9 Å². The first-order chi connectivity index (χ1) is 13.0. The zero-order chi connectivity index (χ0) is 19.4. The van der Waals surface area contributed by atoms with Gasteiger partial charge in [-0.15, -0.1) is 0 Å². The number of halogens is 2. The normalized spacial score (nSPS) is 17.8. The van der Waals surface area contributed by atoms with Gasteiger partial charge < -0.3 is 4.90 Å². The Bertz CT molecular complexity index is 793. The topological polar surface area (TPSA) is 38.1 Å². The highest BCUT2D eigenvalue weighted by molar-refractivity contribution is 7.99. The van der Waals surface area contributed by atoms with Crippen molar-refractivity contribution in [2.75, 3.05) is 18.8 Å². The maximum atomic E-state index is 13.2. The predicted octanol–water partition coefficient (Wildman–Crippen LogP) is 4.78. The van der Waals surface area contributed by atoms with Gasteiger partial charge in [-0.2, -0.15) is 16.9 Å². The first-order valence-electron chi connectivity index (χ1n) is 9.37.